The van der Waals surface area contributed by atoms with Crippen molar-refractivity contribution in [3.05, 3.63) is 71.8 Å². The van der Waals surface area contributed by atoms with Gasteiger partial charge in [-0.1, -0.05) is 60.7 Å². The smallest absolute Gasteiger partial charge is 0.315 e. The van der Waals surface area contributed by atoms with Gasteiger partial charge in [0.2, 0.25) is 0 Å². The van der Waals surface area contributed by atoms with Gasteiger partial charge in [0.25, 0.3) is 5.91 Å². The summed E-state index contributed by atoms with van der Waals surface area (Å²) in [6.07, 6.45) is -2.92. The van der Waals surface area contributed by atoms with E-state index < -0.39 is 12.3 Å². The highest BCUT2D eigenvalue weighted by Crippen LogP contribution is 2.29. The maximum absolute atomic E-state index is 12.6. The summed E-state index contributed by atoms with van der Waals surface area (Å²) in [6.45, 7) is 1.82. The van der Waals surface area contributed by atoms with Crippen molar-refractivity contribution in [2.45, 2.75) is 12.5 Å². The molecule has 2 aromatic carbocycles. The zero-order valence-corrected chi connectivity index (χ0v) is 13.3. The summed E-state index contributed by atoms with van der Waals surface area (Å²) in [5.74, 6) is -1.06. The number of amides is 1. The lowest BCUT2D eigenvalue weighted by atomic mass is 9.96. The standard InChI is InChI=1S/C19H20F2N2O/c20-18(21)19(24)23-13-11-22(12-14-23)17(15-7-3-1-4-8-15)16-9-5-2-6-10-16/h1-10,17-18H,11-14H2. The van der Waals surface area contributed by atoms with Gasteiger partial charge >= 0.3 is 6.43 Å². The van der Waals surface area contributed by atoms with Crippen molar-refractivity contribution in [3.8, 4) is 0 Å². The molecular formula is C19H20F2N2O. The molecule has 0 bridgehead atoms. The molecule has 24 heavy (non-hydrogen) atoms. The van der Waals surface area contributed by atoms with Crippen LogP contribution in [0, 0.1) is 0 Å². The topological polar surface area (TPSA) is 23.6 Å². The largest absolute Gasteiger partial charge is 0.335 e. The van der Waals surface area contributed by atoms with Crippen LogP contribution in [0.15, 0.2) is 60.7 Å². The lowest BCUT2D eigenvalue weighted by molar-refractivity contribution is -0.144. The molecule has 1 heterocycles. The second kappa shape index (κ2) is 7.53. The second-order valence-electron chi connectivity index (χ2n) is 5.89. The number of benzene rings is 2. The van der Waals surface area contributed by atoms with Crippen LogP contribution in [0.3, 0.4) is 0 Å². The highest BCUT2D eigenvalue weighted by molar-refractivity contribution is 5.79. The molecule has 0 atom stereocenters. The highest BCUT2D eigenvalue weighted by Gasteiger charge is 2.30. The van der Waals surface area contributed by atoms with Gasteiger partial charge in [0.1, 0.15) is 0 Å². The molecule has 0 aliphatic carbocycles. The zero-order valence-electron chi connectivity index (χ0n) is 13.3. The average Bonchev–Trinajstić information content (AvgIpc) is 2.64. The normalized spacial score (nSPS) is 15.9. The van der Waals surface area contributed by atoms with E-state index in [2.05, 4.69) is 29.2 Å². The Kier molecular flexibility index (Phi) is 5.20. The van der Waals surface area contributed by atoms with Crippen LogP contribution >= 0.6 is 0 Å². The molecule has 1 fully saturated rings. The molecule has 1 aliphatic heterocycles. The van der Waals surface area contributed by atoms with Crippen LogP contribution < -0.4 is 0 Å². The summed E-state index contributed by atoms with van der Waals surface area (Å²) in [5, 5.41) is 0. The molecule has 0 radical (unpaired) electrons. The Bertz CT molecular complexity index is 616. The summed E-state index contributed by atoms with van der Waals surface area (Å²) >= 11 is 0. The third-order valence-electron chi connectivity index (χ3n) is 4.41. The number of halogens is 2. The van der Waals surface area contributed by atoms with E-state index in [1.54, 1.807) is 0 Å². The summed E-state index contributed by atoms with van der Waals surface area (Å²) in [5.41, 5.74) is 2.33. The van der Waals surface area contributed by atoms with Crippen LogP contribution in [0.2, 0.25) is 0 Å². The zero-order chi connectivity index (χ0) is 16.9. The molecule has 1 amide bonds. The number of piperazine rings is 1. The molecule has 1 saturated heterocycles. The van der Waals surface area contributed by atoms with Crippen molar-refractivity contribution in [1.82, 2.24) is 9.80 Å². The van der Waals surface area contributed by atoms with E-state index in [1.165, 1.54) is 4.90 Å². The molecule has 3 nitrogen and oxygen atoms in total. The van der Waals surface area contributed by atoms with E-state index in [0.717, 1.165) is 11.1 Å². The van der Waals surface area contributed by atoms with E-state index in [4.69, 9.17) is 0 Å². The highest BCUT2D eigenvalue weighted by atomic mass is 19.3. The third-order valence-corrected chi connectivity index (χ3v) is 4.41. The number of nitrogens with zero attached hydrogens (tertiary/aromatic N) is 2. The van der Waals surface area contributed by atoms with Crippen molar-refractivity contribution < 1.29 is 13.6 Å². The Morgan fingerprint density at radius 1 is 0.792 bits per heavy atom. The fraction of sp³-hybridized carbons (Fsp3) is 0.316. The molecule has 3 rings (SSSR count). The van der Waals surface area contributed by atoms with Crippen molar-refractivity contribution in [2.75, 3.05) is 26.2 Å². The molecular weight excluding hydrogens is 310 g/mol. The van der Waals surface area contributed by atoms with Gasteiger partial charge in [0, 0.05) is 26.2 Å². The summed E-state index contributed by atoms with van der Waals surface area (Å²) < 4.78 is 25.2. The SMILES string of the molecule is O=C(C(F)F)N1CCN(C(c2ccccc2)c2ccccc2)CC1. The summed E-state index contributed by atoms with van der Waals surface area (Å²) in [6, 6.07) is 20.3. The number of alkyl halides is 2. The first-order valence-corrected chi connectivity index (χ1v) is 8.07. The van der Waals surface area contributed by atoms with E-state index in [9.17, 15) is 13.6 Å². The Hall–Kier alpha value is -2.27. The number of hydrogen-bond donors (Lipinski definition) is 0. The molecule has 0 saturated carbocycles. The maximum atomic E-state index is 12.6. The number of carbonyl (C=O) groups is 1. The molecule has 2 aromatic rings. The lowest BCUT2D eigenvalue weighted by Gasteiger charge is -2.39. The van der Waals surface area contributed by atoms with Gasteiger partial charge in [-0.3, -0.25) is 9.69 Å². The Labute approximate surface area is 140 Å². The number of hydrogen-bond acceptors (Lipinski definition) is 2. The first-order valence-electron chi connectivity index (χ1n) is 8.07. The van der Waals surface area contributed by atoms with Crippen molar-refractivity contribution >= 4 is 5.91 Å². The van der Waals surface area contributed by atoms with Crippen molar-refractivity contribution in [2.24, 2.45) is 0 Å². The van der Waals surface area contributed by atoms with Crippen LogP contribution in [0.5, 0.6) is 0 Å². The third kappa shape index (κ3) is 3.62. The molecule has 0 spiro atoms. The Morgan fingerprint density at radius 3 is 1.67 bits per heavy atom. The quantitative estimate of drug-likeness (QED) is 0.860. The second-order valence-corrected chi connectivity index (χ2v) is 5.89. The minimum atomic E-state index is -2.92. The van der Waals surface area contributed by atoms with Gasteiger partial charge in [-0.25, -0.2) is 0 Å². The predicted molar refractivity (Wildman–Crippen MR) is 88.9 cm³/mol. The molecule has 0 N–H and O–H groups in total. The van der Waals surface area contributed by atoms with Gasteiger partial charge in [-0.2, -0.15) is 8.78 Å². The van der Waals surface area contributed by atoms with Crippen LogP contribution in [-0.4, -0.2) is 48.3 Å². The fourth-order valence-corrected chi connectivity index (χ4v) is 3.22. The monoisotopic (exact) mass is 330 g/mol. The van der Waals surface area contributed by atoms with Gasteiger partial charge in [-0.15, -0.1) is 0 Å². The molecule has 126 valence electrons. The molecule has 0 unspecified atom stereocenters. The Balaban J connectivity index is 1.80. The van der Waals surface area contributed by atoms with E-state index in [0.29, 0.717) is 26.2 Å². The van der Waals surface area contributed by atoms with E-state index in [-0.39, 0.29) is 6.04 Å². The first-order chi connectivity index (χ1) is 11.7. The average molecular weight is 330 g/mol. The minimum absolute atomic E-state index is 0.0659. The Morgan fingerprint density at radius 2 is 1.25 bits per heavy atom. The summed E-state index contributed by atoms with van der Waals surface area (Å²) in [4.78, 5) is 15.0. The van der Waals surface area contributed by atoms with Crippen LogP contribution in [0.1, 0.15) is 17.2 Å². The molecule has 5 heteroatoms. The van der Waals surface area contributed by atoms with E-state index >= 15 is 0 Å². The van der Waals surface area contributed by atoms with Crippen LogP contribution in [0.25, 0.3) is 0 Å². The number of rotatable bonds is 4. The van der Waals surface area contributed by atoms with Gasteiger partial charge in [0.15, 0.2) is 0 Å². The van der Waals surface area contributed by atoms with Crippen molar-refractivity contribution in [3.63, 3.8) is 0 Å². The van der Waals surface area contributed by atoms with Crippen LogP contribution in [-0.2, 0) is 4.79 Å². The molecule has 1 aliphatic rings. The molecule has 0 aromatic heterocycles. The predicted octanol–water partition coefficient (Wildman–Crippen LogP) is 3.19. The van der Waals surface area contributed by atoms with Gasteiger partial charge < -0.3 is 4.90 Å². The fourth-order valence-electron chi connectivity index (χ4n) is 3.22. The summed E-state index contributed by atoms with van der Waals surface area (Å²) in [7, 11) is 0. The lowest BCUT2D eigenvalue weighted by Crippen LogP contribution is -2.51. The van der Waals surface area contributed by atoms with Gasteiger partial charge in [-0.05, 0) is 11.1 Å². The first kappa shape index (κ1) is 16.6. The minimum Gasteiger partial charge on any atom is -0.335 e. The van der Waals surface area contributed by atoms with Crippen molar-refractivity contribution in [1.29, 1.82) is 0 Å². The van der Waals surface area contributed by atoms with Crippen LogP contribution in [0.4, 0.5) is 8.78 Å². The van der Waals surface area contributed by atoms with Gasteiger partial charge in [0.05, 0.1) is 6.04 Å². The van der Waals surface area contributed by atoms with E-state index in [1.807, 2.05) is 36.4 Å². The number of carbonyl (C=O) groups excluding carboxylic acids is 1. The maximum Gasteiger partial charge on any atom is 0.315 e.